The van der Waals surface area contributed by atoms with Gasteiger partial charge in [-0.05, 0) is 53.9 Å². The number of furan rings is 1. The number of nitrogens with zero attached hydrogens (tertiary/aromatic N) is 1. The standard InChI is InChI=1S/C27H24FN3O5S/c1-35-19-12-10-18(11-13-19)31(24(32)17-30-26(33)23-9-5-15-37-23)25(21-7-2-3-8-22(21)28)27(34)29-16-20-6-4-14-36-20/h2-15,25H,16-17H2,1H3,(H,29,34)(H,30,33). The molecule has 0 spiro atoms. The first-order valence-electron chi connectivity index (χ1n) is 11.3. The number of anilines is 1. The van der Waals surface area contributed by atoms with Crippen LogP contribution in [0.4, 0.5) is 10.1 Å². The smallest absolute Gasteiger partial charge is 0.261 e. The molecule has 0 fully saturated rings. The lowest BCUT2D eigenvalue weighted by atomic mass is 10.0. The minimum Gasteiger partial charge on any atom is -0.497 e. The maximum absolute atomic E-state index is 15.0. The third-order valence-electron chi connectivity index (χ3n) is 5.49. The van der Waals surface area contributed by atoms with Crippen LogP contribution in [0.3, 0.4) is 0 Å². The molecular weight excluding hydrogens is 497 g/mol. The Morgan fingerprint density at radius 2 is 1.78 bits per heavy atom. The number of carbonyl (C=O) groups excluding carboxylic acids is 3. The van der Waals surface area contributed by atoms with Gasteiger partial charge in [0.25, 0.3) is 5.91 Å². The summed E-state index contributed by atoms with van der Waals surface area (Å²) >= 11 is 1.23. The number of hydrogen-bond acceptors (Lipinski definition) is 6. The minimum absolute atomic E-state index is 0.00630. The third kappa shape index (κ3) is 6.22. The Morgan fingerprint density at radius 1 is 1.00 bits per heavy atom. The molecule has 10 heteroatoms. The highest BCUT2D eigenvalue weighted by Gasteiger charge is 2.34. The Hall–Kier alpha value is -4.44. The molecular formula is C27H24FN3O5S. The Bertz CT molecular complexity index is 1340. The molecule has 0 aliphatic heterocycles. The van der Waals surface area contributed by atoms with Crippen LogP contribution >= 0.6 is 11.3 Å². The van der Waals surface area contributed by atoms with Crippen molar-refractivity contribution in [2.75, 3.05) is 18.6 Å². The molecule has 0 bridgehead atoms. The van der Waals surface area contributed by atoms with E-state index >= 15 is 4.39 Å². The van der Waals surface area contributed by atoms with Gasteiger partial charge in [0.05, 0.1) is 31.3 Å². The third-order valence-corrected chi connectivity index (χ3v) is 6.36. The molecule has 37 heavy (non-hydrogen) atoms. The summed E-state index contributed by atoms with van der Waals surface area (Å²) in [7, 11) is 1.50. The highest BCUT2D eigenvalue weighted by atomic mass is 32.1. The van der Waals surface area contributed by atoms with Crippen molar-refractivity contribution < 1.29 is 27.9 Å². The first kappa shape index (κ1) is 25.6. The van der Waals surface area contributed by atoms with E-state index in [1.165, 1.54) is 47.8 Å². The molecule has 3 amide bonds. The van der Waals surface area contributed by atoms with Gasteiger partial charge >= 0.3 is 0 Å². The van der Waals surface area contributed by atoms with E-state index in [4.69, 9.17) is 9.15 Å². The van der Waals surface area contributed by atoms with E-state index in [1.54, 1.807) is 60.0 Å². The van der Waals surface area contributed by atoms with Gasteiger partial charge in [0.1, 0.15) is 23.4 Å². The van der Waals surface area contributed by atoms with Crippen LogP contribution in [-0.4, -0.2) is 31.4 Å². The van der Waals surface area contributed by atoms with Crippen LogP contribution in [0.15, 0.2) is 88.9 Å². The van der Waals surface area contributed by atoms with Crippen molar-refractivity contribution in [1.29, 1.82) is 0 Å². The average Bonchev–Trinajstić information content (AvgIpc) is 3.64. The molecule has 0 saturated heterocycles. The van der Waals surface area contributed by atoms with Gasteiger partial charge in [0.15, 0.2) is 0 Å². The van der Waals surface area contributed by atoms with Crippen molar-refractivity contribution in [3.05, 3.63) is 106 Å². The first-order valence-corrected chi connectivity index (χ1v) is 12.2. The quantitative estimate of drug-likeness (QED) is 0.324. The normalized spacial score (nSPS) is 11.4. The molecule has 2 N–H and O–H groups in total. The fraction of sp³-hybridized carbons (Fsp3) is 0.148. The molecule has 2 aromatic heterocycles. The Balaban J connectivity index is 1.69. The fourth-order valence-corrected chi connectivity index (χ4v) is 4.33. The second-order valence-electron chi connectivity index (χ2n) is 7.84. The number of benzene rings is 2. The van der Waals surface area contributed by atoms with Crippen molar-refractivity contribution in [1.82, 2.24) is 10.6 Å². The molecule has 2 aromatic carbocycles. The monoisotopic (exact) mass is 521 g/mol. The molecule has 4 aromatic rings. The van der Waals surface area contributed by atoms with Crippen LogP contribution in [0.1, 0.15) is 27.0 Å². The number of carbonyl (C=O) groups is 3. The van der Waals surface area contributed by atoms with Gasteiger partial charge in [-0.25, -0.2) is 4.39 Å². The molecule has 1 atom stereocenters. The summed E-state index contributed by atoms with van der Waals surface area (Å²) in [6, 6.07) is 17.5. The number of hydrogen-bond donors (Lipinski definition) is 2. The maximum atomic E-state index is 15.0. The van der Waals surface area contributed by atoms with Crippen molar-refractivity contribution in [3.63, 3.8) is 0 Å². The largest absolute Gasteiger partial charge is 0.497 e. The molecule has 0 aliphatic carbocycles. The Morgan fingerprint density at radius 3 is 2.43 bits per heavy atom. The molecule has 190 valence electrons. The number of rotatable bonds is 10. The van der Waals surface area contributed by atoms with Gasteiger partial charge in [-0.15, -0.1) is 11.3 Å². The summed E-state index contributed by atoms with van der Waals surface area (Å²) in [6.07, 6.45) is 1.47. The van der Waals surface area contributed by atoms with Gasteiger partial charge in [-0.3, -0.25) is 19.3 Å². The van der Waals surface area contributed by atoms with Crippen LogP contribution in [-0.2, 0) is 16.1 Å². The minimum atomic E-state index is -1.38. The molecule has 0 aliphatic rings. The van der Waals surface area contributed by atoms with Gasteiger partial charge in [0, 0.05) is 11.3 Å². The number of methoxy groups -OCH3 is 1. The Labute approximate surface area is 216 Å². The SMILES string of the molecule is COc1ccc(N(C(=O)CNC(=O)c2cccs2)C(C(=O)NCc2ccco2)c2ccccc2F)cc1. The zero-order chi connectivity index (χ0) is 26.2. The van der Waals surface area contributed by atoms with Crippen molar-refractivity contribution in [3.8, 4) is 5.75 Å². The summed E-state index contributed by atoms with van der Waals surface area (Å²) < 4.78 is 25.5. The lowest BCUT2D eigenvalue weighted by molar-refractivity contribution is -0.126. The summed E-state index contributed by atoms with van der Waals surface area (Å²) in [5.41, 5.74) is 0.311. The Kier molecular flexibility index (Phi) is 8.32. The lowest BCUT2D eigenvalue weighted by Gasteiger charge is -2.32. The summed E-state index contributed by atoms with van der Waals surface area (Å²) in [6.45, 7) is -0.379. The highest BCUT2D eigenvalue weighted by molar-refractivity contribution is 7.12. The second-order valence-corrected chi connectivity index (χ2v) is 8.79. The van der Waals surface area contributed by atoms with Crippen molar-refractivity contribution in [2.45, 2.75) is 12.6 Å². The molecule has 0 saturated carbocycles. The van der Waals surface area contributed by atoms with E-state index in [-0.39, 0.29) is 12.1 Å². The molecule has 0 radical (unpaired) electrons. The average molecular weight is 522 g/mol. The summed E-state index contributed by atoms with van der Waals surface area (Å²) in [5, 5.41) is 7.06. The highest BCUT2D eigenvalue weighted by Crippen LogP contribution is 2.31. The summed E-state index contributed by atoms with van der Waals surface area (Å²) in [4.78, 5) is 41.2. The molecule has 8 nitrogen and oxygen atoms in total. The van der Waals surface area contributed by atoms with Crippen LogP contribution in [0.5, 0.6) is 5.75 Å². The van der Waals surface area contributed by atoms with Gasteiger partial charge in [-0.1, -0.05) is 24.3 Å². The predicted molar refractivity (Wildman–Crippen MR) is 137 cm³/mol. The fourth-order valence-electron chi connectivity index (χ4n) is 3.69. The number of amides is 3. The second kappa shape index (κ2) is 12.0. The number of halogens is 1. The predicted octanol–water partition coefficient (Wildman–Crippen LogP) is 4.31. The van der Waals surface area contributed by atoms with Gasteiger partial charge in [-0.2, -0.15) is 0 Å². The van der Waals surface area contributed by atoms with E-state index in [0.717, 1.165) is 0 Å². The zero-order valence-corrected chi connectivity index (χ0v) is 20.7. The number of thiophene rings is 1. The number of ether oxygens (including phenoxy) is 1. The first-order chi connectivity index (χ1) is 18.0. The van der Waals surface area contributed by atoms with Crippen molar-refractivity contribution >= 4 is 34.7 Å². The number of nitrogens with one attached hydrogen (secondary N) is 2. The van der Waals surface area contributed by atoms with Crippen LogP contribution < -0.4 is 20.3 Å². The van der Waals surface area contributed by atoms with Crippen LogP contribution in [0, 0.1) is 5.82 Å². The van der Waals surface area contributed by atoms with E-state index in [0.29, 0.717) is 22.1 Å². The maximum Gasteiger partial charge on any atom is 0.261 e. The zero-order valence-electron chi connectivity index (χ0n) is 19.8. The van der Waals surface area contributed by atoms with E-state index in [1.807, 2.05) is 0 Å². The van der Waals surface area contributed by atoms with Crippen molar-refractivity contribution in [2.24, 2.45) is 0 Å². The summed E-state index contributed by atoms with van der Waals surface area (Å²) in [5.74, 6) is -1.30. The van der Waals surface area contributed by atoms with Crippen LogP contribution in [0.2, 0.25) is 0 Å². The van der Waals surface area contributed by atoms with E-state index in [2.05, 4.69) is 10.6 Å². The lowest BCUT2D eigenvalue weighted by Crippen LogP contribution is -2.47. The molecule has 2 heterocycles. The van der Waals surface area contributed by atoms with Gasteiger partial charge < -0.3 is 19.8 Å². The van der Waals surface area contributed by atoms with E-state index in [9.17, 15) is 14.4 Å². The van der Waals surface area contributed by atoms with Crippen LogP contribution in [0.25, 0.3) is 0 Å². The molecule has 4 rings (SSSR count). The van der Waals surface area contributed by atoms with Gasteiger partial charge in [0.2, 0.25) is 11.8 Å². The topological polar surface area (TPSA) is 101 Å². The van der Waals surface area contributed by atoms with E-state index < -0.39 is 36.1 Å². The molecule has 1 unspecified atom stereocenters.